The molecule has 0 radical (unpaired) electrons. The van der Waals surface area contributed by atoms with Gasteiger partial charge in [-0.2, -0.15) is 0 Å². The Balaban J connectivity index is 2.66. The van der Waals surface area contributed by atoms with E-state index in [1.807, 2.05) is 0 Å². The standard InChI is InChI=1S/C13H24O3/c1-4-11-6-5-8-13(15,9-7-11)10(2)12(14)16-3/h10-11,15H,4-9H2,1-3H3. The summed E-state index contributed by atoms with van der Waals surface area (Å²) in [4.78, 5) is 11.5. The molecule has 94 valence electrons. The molecule has 0 bridgehead atoms. The summed E-state index contributed by atoms with van der Waals surface area (Å²) in [6.45, 7) is 3.97. The van der Waals surface area contributed by atoms with Gasteiger partial charge in [0.1, 0.15) is 0 Å². The van der Waals surface area contributed by atoms with Crippen LogP contribution in [-0.2, 0) is 9.53 Å². The zero-order valence-electron chi connectivity index (χ0n) is 10.7. The number of rotatable bonds is 3. The van der Waals surface area contributed by atoms with Gasteiger partial charge >= 0.3 is 5.97 Å². The molecule has 0 aromatic heterocycles. The van der Waals surface area contributed by atoms with Crippen LogP contribution in [0.25, 0.3) is 0 Å². The SMILES string of the molecule is CCC1CCCC(O)(C(C)C(=O)OC)CC1. The average Bonchev–Trinajstić information content (AvgIpc) is 2.50. The highest BCUT2D eigenvalue weighted by Crippen LogP contribution is 2.36. The predicted molar refractivity (Wildman–Crippen MR) is 63.0 cm³/mol. The Morgan fingerprint density at radius 2 is 2.19 bits per heavy atom. The van der Waals surface area contributed by atoms with Crippen molar-refractivity contribution in [3.8, 4) is 0 Å². The Bertz CT molecular complexity index is 239. The summed E-state index contributed by atoms with van der Waals surface area (Å²) in [5.41, 5.74) is -0.850. The molecule has 0 spiro atoms. The topological polar surface area (TPSA) is 46.5 Å². The number of aliphatic hydroxyl groups is 1. The third-order valence-corrected chi connectivity index (χ3v) is 4.15. The summed E-state index contributed by atoms with van der Waals surface area (Å²) in [6.07, 6.45) is 5.82. The third kappa shape index (κ3) is 2.97. The molecule has 1 aliphatic carbocycles. The van der Waals surface area contributed by atoms with Crippen molar-refractivity contribution in [3.63, 3.8) is 0 Å². The smallest absolute Gasteiger partial charge is 0.311 e. The van der Waals surface area contributed by atoms with Crippen LogP contribution in [0.3, 0.4) is 0 Å². The van der Waals surface area contributed by atoms with Crippen LogP contribution in [0.5, 0.6) is 0 Å². The highest BCUT2D eigenvalue weighted by atomic mass is 16.5. The molecule has 3 unspecified atom stereocenters. The quantitative estimate of drug-likeness (QED) is 0.596. The Labute approximate surface area is 98.2 Å². The first kappa shape index (κ1) is 13.5. The maximum absolute atomic E-state index is 11.5. The van der Waals surface area contributed by atoms with Gasteiger partial charge < -0.3 is 9.84 Å². The first-order valence-electron chi connectivity index (χ1n) is 6.33. The van der Waals surface area contributed by atoms with Crippen LogP contribution in [0.2, 0.25) is 0 Å². The second-order valence-corrected chi connectivity index (χ2v) is 5.05. The van der Waals surface area contributed by atoms with Crippen LogP contribution in [0.15, 0.2) is 0 Å². The van der Waals surface area contributed by atoms with Crippen LogP contribution in [-0.4, -0.2) is 23.8 Å². The van der Waals surface area contributed by atoms with E-state index in [1.165, 1.54) is 20.0 Å². The predicted octanol–water partition coefficient (Wildman–Crippen LogP) is 2.52. The molecule has 3 heteroatoms. The van der Waals surface area contributed by atoms with E-state index in [2.05, 4.69) is 6.92 Å². The van der Waals surface area contributed by atoms with E-state index in [0.29, 0.717) is 5.92 Å². The zero-order chi connectivity index (χ0) is 12.2. The second kappa shape index (κ2) is 5.67. The number of carbonyl (C=O) groups is 1. The van der Waals surface area contributed by atoms with Crippen molar-refractivity contribution < 1.29 is 14.6 Å². The maximum Gasteiger partial charge on any atom is 0.311 e. The molecule has 0 heterocycles. The van der Waals surface area contributed by atoms with Crippen LogP contribution in [0.1, 0.15) is 52.4 Å². The lowest BCUT2D eigenvalue weighted by molar-refractivity contribution is -0.155. The monoisotopic (exact) mass is 228 g/mol. The minimum atomic E-state index is -0.850. The molecule has 3 nitrogen and oxygen atoms in total. The summed E-state index contributed by atoms with van der Waals surface area (Å²) >= 11 is 0. The highest BCUT2D eigenvalue weighted by molar-refractivity contribution is 5.73. The molecule has 1 rings (SSSR count). The number of ether oxygens (including phenoxy) is 1. The van der Waals surface area contributed by atoms with Crippen molar-refractivity contribution in [2.45, 2.75) is 58.0 Å². The van der Waals surface area contributed by atoms with E-state index in [-0.39, 0.29) is 5.97 Å². The van der Waals surface area contributed by atoms with Crippen LogP contribution in [0.4, 0.5) is 0 Å². The van der Waals surface area contributed by atoms with Gasteiger partial charge in [-0.15, -0.1) is 0 Å². The number of hydrogen-bond acceptors (Lipinski definition) is 3. The van der Waals surface area contributed by atoms with Gasteiger partial charge in [0.25, 0.3) is 0 Å². The number of hydrogen-bond donors (Lipinski definition) is 1. The van der Waals surface area contributed by atoms with Gasteiger partial charge in [-0.3, -0.25) is 4.79 Å². The maximum atomic E-state index is 11.5. The van der Waals surface area contributed by atoms with E-state index in [9.17, 15) is 9.90 Å². The Hall–Kier alpha value is -0.570. The molecule has 1 aliphatic rings. The molecular formula is C13H24O3. The molecule has 1 saturated carbocycles. The summed E-state index contributed by atoms with van der Waals surface area (Å²) in [7, 11) is 1.38. The third-order valence-electron chi connectivity index (χ3n) is 4.15. The van der Waals surface area contributed by atoms with Crippen molar-refractivity contribution in [3.05, 3.63) is 0 Å². The largest absolute Gasteiger partial charge is 0.469 e. The Morgan fingerprint density at radius 1 is 1.50 bits per heavy atom. The second-order valence-electron chi connectivity index (χ2n) is 5.05. The number of esters is 1. The summed E-state index contributed by atoms with van der Waals surface area (Å²) < 4.78 is 4.73. The number of methoxy groups -OCH3 is 1. The van der Waals surface area contributed by atoms with E-state index in [1.54, 1.807) is 6.92 Å². The van der Waals surface area contributed by atoms with Crippen LogP contribution >= 0.6 is 0 Å². The molecule has 3 atom stereocenters. The molecule has 1 N–H and O–H groups in total. The lowest BCUT2D eigenvalue weighted by atomic mass is 9.82. The fourth-order valence-electron chi connectivity index (χ4n) is 2.66. The molecule has 1 fully saturated rings. The van der Waals surface area contributed by atoms with Crippen molar-refractivity contribution >= 4 is 5.97 Å². The summed E-state index contributed by atoms with van der Waals surface area (Å²) in [6, 6.07) is 0. The summed E-state index contributed by atoms with van der Waals surface area (Å²) in [5, 5.41) is 10.5. The molecule has 16 heavy (non-hydrogen) atoms. The van der Waals surface area contributed by atoms with Crippen molar-refractivity contribution in [2.75, 3.05) is 7.11 Å². The molecule has 0 amide bonds. The molecule has 0 aliphatic heterocycles. The fourth-order valence-corrected chi connectivity index (χ4v) is 2.66. The Kier molecular flexibility index (Phi) is 4.78. The van der Waals surface area contributed by atoms with Crippen LogP contribution < -0.4 is 0 Å². The van der Waals surface area contributed by atoms with E-state index in [0.717, 1.165) is 25.7 Å². The lowest BCUT2D eigenvalue weighted by Crippen LogP contribution is -2.40. The van der Waals surface area contributed by atoms with Crippen molar-refractivity contribution in [2.24, 2.45) is 11.8 Å². The van der Waals surface area contributed by atoms with Crippen molar-refractivity contribution in [1.29, 1.82) is 0 Å². The molecule has 0 aromatic carbocycles. The van der Waals surface area contributed by atoms with Gasteiger partial charge in [-0.05, 0) is 32.1 Å². The first-order valence-corrected chi connectivity index (χ1v) is 6.33. The minimum absolute atomic E-state index is 0.294. The van der Waals surface area contributed by atoms with Gasteiger partial charge in [0.15, 0.2) is 0 Å². The van der Waals surface area contributed by atoms with E-state index in [4.69, 9.17) is 4.74 Å². The number of carbonyl (C=O) groups excluding carboxylic acids is 1. The normalized spacial score (nSPS) is 32.9. The van der Waals surface area contributed by atoms with Crippen molar-refractivity contribution in [1.82, 2.24) is 0 Å². The highest BCUT2D eigenvalue weighted by Gasteiger charge is 2.40. The molecule has 0 saturated heterocycles. The molecule has 0 aromatic rings. The van der Waals surface area contributed by atoms with Crippen LogP contribution in [0, 0.1) is 11.8 Å². The van der Waals surface area contributed by atoms with E-state index >= 15 is 0 Å². The zero-order valence-corrected chi connectivity index (χ0v) is 10.7. The van der Waals surface area contributed by atoms with Gasteiger partial charge in [0.2, 0.25) is 0 Å². The van der Waals surface area contributed by atoms with E-state index < -0.39 is 11.5 Å². The average molecular weight is 228 g/mol. The lowest BCUT2D eigenvalue weighted by Gasteiger charge is -2.31. The minimum Gasteiger partial charge on any atom is -0.469 e. The first-order chi connectivity index (χ1) is 7.53. The fraction of sp³-hybridized carbons (Fsp3) is 0.923. The van der Waals surface area contributed by atoms with Gasteiger partial charge in [-0.1, -0.05) is 26.2 Å². The van der Waals surface area contributed by atoms with Gasteiger partial charge in [0, 0.05) is 0 Å². The van der Waals surface area contributed by atoms with Gasteiger partial charge in [0.05, 0.1) is 18.6 Å². The Morgan fingerprint density at radius 3 is 2.75 bits per heavy atom. The molecular weight excluding hydrogens is 204 g/mol. The van der Waals surface area contributed by atoms with Gasteiger partial charge in [-0.25, -0.2) is 0 Å². The summed E-state index contributed by atoms with van der Waals surface area (Å²) in [5.74, 6) is 0.00410.